The molecule has 0 N–H and O–H groups in total. The standard InChI is InChI=1S/C18H15P.CHO.Rh/c1-4-10-16(11-5-1)19(17-12-6-2-7-13-17)18-14-8-3-9-15-18;1-2;/h1-15H;1H;. The van der Waals surface area contributed by atoms with Gasteiger partial charge >= 0.3 is 28.0 Å². The minimum Gasteiger partial charge on any atom is -0.0622 e. The predicted molar refractivity (Wildman–Crippen MR) is 91.9 cm³/mol. The van der Waals surface area contributed by atoms with Crippen molar-refractivity contribution in [3.05, 3.63) is 91.0 Å². The molecular formula is C19H16OPRh. The first kappa shape index (κ1) is 16.7. The molecule has 0 unspecified atom stereocenters. The molecule has 0 amide bonds. The molecule has 0 aliphatic rings. The predicted octanol–water partition coefficient (Wildman–Crippen LogP) is 3.17. The van der Waals surface area contributed by atoms with E-state index in [1.165, 1.54) is 15.9 Å². The van der Waals surface area contributed by atoms with E-state index in [-0.39, 0.29) is 0 Å². The van der Waals surface area contributed by atoms with Gasteiger partial charge in [-0.3, -0.25) is 0 Å². The van der Waals surface area contributed by atoms with Crippen molar-refractivity contribution in [1.29, 1.82) is 0 Å². The van der Waals surface area contributed by atoms with Crippen LogP contribution < -0.4 is 15.9 Å². The van der Waals surface area contributed by atoms with Gasteiger partial charge in [0.15, 0.2) is 0 Å². The topological polar surface area (TPSA) is 17.1 Å². The zero-order valence-electron chi connectivity index (χ0n) is 11.9. The van der Waals surface area contributed by atoms with Crippen molar-refractivity contribution in [2.24, 2.45) is 0 Å². The molecule has 0 fully saturated rings. The van der Waals surface area contributed by atoms with Gasteiger partial charge < -0.3 is 0 Å². The van der Waals surface area contributed by atoms with E-state index in [4.69, 9.17) is 4.79 Å². The van der Waals surface area contributed by atoms with Crippen molar-refractivity contribution >= 4 is 28.7 Å². The van der Waals surface area contributed by atoms with Gasteiger partial charge in [-0.1, -0.05) is 91.0 Å². The van der Waals surface area contributed by atoms with Crippen LogP contribution in [0.5, 0.6) is 0 Å². The second kappa shape index (κ2) is 9.41. The molecule has 3 heteroatoms. The Morgan fingerprint density at radius 2 is 0.818 bits per heavy atom. The Bertz CT molecular complexity index is 578. The van der Waals surface area contributed by atoms with E-state index in [9.17, 15) is 0 Å². The normalized spacial score (nSPS) is 9.77. The fourth-order valence-electron chi connectivity index (χ4n) is 2.18. The van der Waals surface area contributed by atoms with Crippen LogP contribution in [0.1, 0.15) is 0 Å². The van der Waals surface area contributed by atoms with Gasteiger partial charge in [-0.05, 0) is 23.8 Å². The van der Waals surface area contributed by atoms with Gasteiger partial charge in [-0.2, -0.15) is 0 Å². The number of carbonyl (C=O) groups excluding carboxylic acids is 1. The first-order valence-electron chi connectivity index (χ1n) is 6.83. The second-order valence-electron chi connectivity index (χ2n) is 4.42. The smallest absolute Gasteiger partial charge is 0.0134 e. The largest absolute Gasteiger partial charge is 0.0622 e. The second-order valence-corrected chi connectivity index (χ2v) is 7.03. The molecule has 0 aromatic heterocycles. The molecule has 0 radical (unpaired) electrons. The molecule has 22 heavy (non-hydrogen) atoms. The average Bonchev–Trinajstić information content (AvgIpc) is 2.59. The summed E-state index contributed by atoms with van der Waals surface area (Å²) in [7, 11) is -0.446. The fraction of sp³-hybridized carbons (Fsp3) is 0. The van der Waals surface area contributed by atoms with E-state index in [0.29, 0.717) is 4.88 Å². The number of carbonyl (C=O) groups is 1. The number of rotatable bonds is 3. The molecule has 0 saturated heterocycles. The van der Waals surface area contributed by atoms with Gasteiger partial charge in [0.05, 0.1) is 0 Å². The Kier molecular flexibility index (Phi) is 7.16. The molecule has 0 saturated carbocycles. The molecule has 0 heterocycles. The molecule has 0 spiro atoms. The first-order valence-corrected chi connectivity index (χ1v) is 9.12. The van der Waals surface area contributed by atoms with Crippen LogP contribution in [-0.4, -0.2) is 4.88 Å². The van der Waals surface area contributed by atoms with E-state index in [1.807, 2.05) is 18.3 Å². The van der Waals surface area contributed by atoms with Crippen LogP contribution in [0.3, 0.4) is 0 Å². The molecule has 0 bridgehead atoms. The number of hydrogen-bond acceptors (Lipinski definition) is 1. The van der Waals surface area contributed by atoms with Gasteiger partial charge in [0.2, 0.25) is 0 Å². The van der Waals surface area contributed by atoms with Crippen LogP contribution in [0.2, 0.25) is 0 Å². The molecule has 3 aromatic rings. The minimum atomic E-state index is -0.446. The summed E-state index contributed by atoms with van der Waals surface area (Å²) in [4.78, 5) is 9.40. The van der Waals surface area contributed by atoms with E-state index < -0.39 is 7.92 Å². The Morgan fingerprint density at radius 1 is 0.591 bits per heavy atom. The summed E-state index contributed by atoms with van der Waals surface area (Å²) in [5.41, 5.74) is 0. The molecule has 3 rings (SSSR count). The number of benzene rings is 3. The summed E-state index contributed by atoms with van der Waals surface area (Å²) < 4.78 is 0. The van der Waals surface area contributed by atoms with Crippen LogP contribution in [-0.2, 0) is 23.1 Å². The zero-order valence-corrected chi connectivity index (χ0v) is 14.5. The molecule has 0 aliphatic heterocycles. The third kappa shape index (κ3) is 4.70. The van der Waals surface area contributed by atoms with Gasteiger partial charge in [-0.15, -0.1) is 0 Å². The van der Waals surface area contributed by atoms with E-state index in [1.54, 1.807) is 0 Å². The van der Waals surface area contributed by atoms with Gasteiger partial charge in [-0.25, -0.2) is 0 Å². The zero-order chi connectivity index (χ0) is 15.6. The summed E-state index contributed by atoms with van der Waals surface area (Å²) in [6, 6.07) is 32.3. The quantitative estimate of drug-likeness (QED) is 0.379. The summed E-state index contributed by atoms with van der Waals surface area (Å²) in [6.45, 7) is 0. The van der Waals surface area contributed by atoms with Crippen molar-refractivity contribution in [2.75, 3.05) is 0 Å². The minimum absolute atomic E-state index is 0.446. The third-order valence-electron chi connectivity index (χ3n) is 3.04. The van der Waals surface area contributed by atoms with E-state index >= 15 is 0 Å². The maximum Gasteiger partial charge on any atom is -0.0134 e. The monoisotopic (exact) mass is 394 g/mol. The molecule has 112 valence electrons. The maximum absolute atomic E-state index is 8.76. The average molecular weight is 394 g/mol. The van der Waals surface area contributed by atoms with Crippen LogP contribution in [0.25, 0.3) is 0 Å². The summed E-state index contributed by atoms with van der Waals surface area (Å²) in [5.74, 6) is 0. The van der Waals surface area contributed by atoms with Crippen molar-refractivity contribution in [3.8, 4) is 0 Å². The third-order valence-corrected chi connectivity index (χ3v) is 5.49. The van der Waals surface area contributed by atoms with Crippen LogP contribution in [0.4, 0.5) is 0 Å². The summed E-state index contributed by atoms with van der Waals surface area (Å²) in [5, 5.41) is 4.19. The van der Waals surface area contributed by atoms with Crippen molar-refractivity contribution in [3.63, 3.8) is 0 Å². The fourth-order valence-corrected chi connectivity index (χ4v) is 4.48. The van der Waals surface area contributed by atoms with Gasteiger partial charge in [0, 0.05) is 0 Å². The van der Waals surface area contributed by atoms with Gasteiger partial charge in [0.1, 0.15) is 0 Å². The van der Waals surface area contributed by atoms with Crippen LogP contribution in [0.15, 0.2) is 91.0 Å². The Labute approximate surface area is 142 Å². The first-order chi connectivity index (χ1) is 10.9. The molecule has 0 aliphatic carbocycles. The van der Waals surface area contributed by atoms with Crippen molar-refractivity contribution in [1.82, 2.24) is 0 Å². The maximum atomic E-state index is 8.76. The molecule has 1 nitrogen and oxygen atoms in total. The number of hydrogen-bond donors (Lipinski definition) is 0. The van der Waals surface area contributed by atoms with Crippen molar-refractivity contribution < 1.29 is 23.1 Å². The van der Waals surface area contributed by atoms with Crippen LogP contribution >= 0.6 is 7.92 Å². The Morgan fingerprint density at radius 3 is 1.05 bits per heavy atom. The molecule has 0 atom stereocenters. The Balaban J connectivity index is 0.000000545. The SMILES string of the molecule is O=[CH][Rh].c1ccc(P(c2ccccc2)c2ccccc2)cc1. The summed E-state index contributed by atoms with van der Waals surface area (Å²) >= 11 is 2.04. The van der Waals surface area contributed by atoms with Crippen LogP contribution in [0, 0.1) is 0 Å². The van der Waals surface area contributed by atoms with Gasteiger partial charge in [0.25, 0.3) is 0 Å². The van der Waals surface area contributed by atoms with E-state index in [0.717, 1.165) is 0 Å². The molecule has 3 aromatic carbocycles. The molecular weight excluding hydrogens is 378 g/mol. The summed E-state index contributed by atoms with van der Waals surface area (Å²) in [6.07, 6.45) is 0. The van der Waals surface area contributed by atoms with Crippen molar-refractivity contribution in [2.45, 2.75) is 0 Å². The van der Waals surface area contributed by atoms with E-state index in [2.05, 4.69) is 91.0 Å². The Hall–Kier alpha value is -1.62.